The molecule has 0 radical (unpaired) electrons. The van der Waals surface area contributed by atoms with Crippen LogP contribution < -0.4 is 4.90 Å². The summed E-state index contributed by atoms with van der Waals surface area (Å²) in [6, 6.07) is 18.7. The van der Waals surface area contributed by atoms with Crippen LogP contribution in [0.15, 0.2) is 73.1 Å². The molecule has 0 spiro atoms. The Hall–Kier alpha value is -3.27. The Morgan fingerprint density at radius 2 is 1.38 bits per heavy atom. The minimum Gasteiger partial charge on any atom is -0.268 e. The molecular weight excluding hydrogens is 300 g/mol. The molecular formula is C20H14N2O2. The second-order valence-corrected chi connectivity index (χ2v) is 5.71. The monoisotopic (exact) mass is 314 g/mol. The molecule has 0 bridgehead atoms. The fraction of sp³-hybridized carbons (Fsp3) is 0.0500. The Kier molecular flexibility index (Phi) is 3.43. The number of imide groups is 1. The molecule has 2 aromatic carbocycles. The molecule has 116 valence electrons. The van der Waals surface area contributed by atoms with E-state index in [0.717, 1.165) is 11.1 Å². The Morgan fingerprint density at radius 3 is 2.04 bits per heavy atom. The van der Waals surface area contributed by atoms with Gasteiger partial charge < -0.3 is 0 Å². The quantitative estimate of drug-likeness (QED) is 0.696. The summed E-state index contributed by atoms with van der Waals surface area (Å²) in [4.78, 5) is 30.5. The van der Waals surface area contributed by atoms with E-state index in [4.69, 9.17) is 0 Å². The summed E-state index contributed by atoms with van der Waals surface area (Å²) >= 11 is 0. The third-order valence-electron chi connectivity index (χ3n) is 4.08. The van der Waals surface area contributed by atoms with Crippen molar-refractivity contribution >= 4 is 17.5 Å². The van der Waals surface area contributed by atoms with Gasteiger partial charge in [0.15, 0.2) is 0 Å². The SMILES string of the molecule is O=C1c2ccccc2C(=O)N1c1cncc(Cc2ccccc2)c1. The van der Waals surface area contributed by atoms with Crippen LogP contribution >= 0.6 is 0 Å². The molecule has 0 saturated heterocycles. The fourth-order valence-corrected chi connectivity index (χ4v) is 2.95. The molecule has 1 aliphatic rings. The summed E-state index contributed by atoms with van der Waals surface area (Å²) in [5.41, 5.74) is 3.50. The number of hydrogen-bond donors (Lipinski definition) is 0. The lowest BCUT2D eigenvalue weighted by atomic mass is 10.1. The van der Waals surface area contributed by atoms with E-state index in [1.165, 1.54) is 4.90 Å². The van der Waals surface area contributed by atoms with Crippen molar-refractivity contribution in [3.8, 4) is 0 Å². The maximum Gasteiger partial charge on any atom is 0.266 e. The summed E-state index contributed by atoms with van der Waals surface area (Å²) in [5, 5.41) is 0. The van der Waals surface area contributed by atoms with Crippen molar-refractivity contribution in [2.75, 3.05) is 4.90 Å². The minimum absolute atomic E-state index is 0.297. The van der Waals surface area contributed by atoms with Crippen molar-refractivity contribution < 1.29 is 9.59 Å². The summed E-state index contributed by atoms with van der Waals surface area (Å²) in [5.74, 6) is -0.594. The standard InChI is InChI=1S/C20H14N2O2/c23-19-17-8-4-5-9-18(17)20(24)22(19)16-11-15(12-21-13-16)10-14-6-2-1-3-7-14/h1-9,11-13H,10H2. The highest BCUT2D eigenvalue weighted by Crippen LogP contribution is 2.28. The van der Waals surface area contributed by atoms with E-state index in [9.17, 15) is 9.59 Å². The predicted molar refractivity (Wildman–Crippen MR) is 91.1 cm³/mol. The van der Waals surface area contributed by atoms with Crippen LogP contribution in [0.2, 0.25) is 0 Å². The van der Waals surface area contributed by atoms with Crippen molar-refractivity contribution in [3.05, 3.63) is 95.3 Å². The van der Waals surface area contributed by atoms with Crippen LogP contribution in [-0.2, 0) is 6.42 Å². The topological polar surface area (TPSA) is 50.3 Å². The number of nitrogens with zero attached hydrogens (tertiary/aromatic N) is 2. The molecule has 0 aliphatic carbocycles. The van der Waals surface area contributed by atoms with Crippen LogP contribution in [0.25, 0.3) is 0 Å². The number of anilines is 1. The molecule has 0 fully saturated rings. The van der Waals surface area contributed by atoms with Gasteiger partial charge in [-0.2, -0.15) is 0 Å². The number of benzene rings is 2. The number of hydrogen-bond acceptors (Lipinski definition) is 3. The Bertz CT molecular complexity index is 900. The van der Waals surface area contributed by atoms with Gasteiger partial charge in [0.1, 0.15) is 0 Å². The lowest BCUT2D eigenvalue weighted by Crippen LogP contribution is -2.29. The molecule has 1 aromatic heterocycles. The van der Waals surface area contributed by atoms with Gasteiger partial charge in [0.2, 0.25) is 0 Å². The average Bonchev–Trinajstić information content (AvgIpc) is 2.87. The molecule has 4 nitrogen and oxygen atoms in total. The molecule has 3 aromatic rings. The zero-order valence-corrected chi connectivity index (χ0v) is 12.8. The first kappa shape index (κ1) is 14.3. The third-order valence-corrected chi connectivity index (χ3v) is 4.08. The maximum absolute atomic E-state index is 12.6. The molecule has 0 atom stereocenters. The minimum atomic E-state index is -0.297. The van der Waals surface area contributed by atoms with Crippen LogP contribution in [0.1, 0.15) is 31.8 Å². The first-order chi connectivity index (χ1) is 11.7. The lowest BCUT2D eigenvalue weighted by molar-refractivity contribution is 0.0926. The summed E-state index contributed by atoms with van der Waals surface area (Å²) < 4.78 is 0. The van der Waals surface area contributed by atoms with E-state index in [-0.39, 0.29) is 11.8 Å². The molecule has 0 N–H and O–H groups in total. The number of carbonyl (C=O) groups is 2. The smallest absolute Gasteiger partial charge is 0.266 e. The number of rotatable bonds is 3. The maximum atomic E-state index is 12.6. The van der Waals surface area contributed by atoms with Crippen LogP contribution in [0.5, 0.6) is 0 Å². The summed E-state index contributed by atoms with van der Waals surface area (Å²) in [7, 11) is 0. The largest absolute Gasteiger partial charge is 0.268 e. The van der Waals surface area contributed by atoms with E-state index < -0.39 is 0 Å². The van der Waals surface area contributed by atoms with Crippen LogP contribution in [0.3, 0.4) is 0 Å². The molecule has 1 aliphatic heterocycles. The van der Waals surface area contributed by atoms with Crippen molar-refractivity contribution in [2.24, 2.45) is 0 Å². The highest BCUT2D eigenvalue weighted by molar-refractivity contribution is 6.34. The van der Waals surface area contributed by atoms with Gasteiger partial charge in [-0.15, -0.1) is 0 Å². The zero-order chi connectivity index (χ0) is 16.5. The molecule has 0 unspecified atom stereocenters. The van der Waals surface area contributed by atoms with Gasteiger partial charge in [-0.1, -0.05) is 42.5 Å². The van der Waals surface area contributed by atoms with Gasteiger partial charge in [0.25, 0.3) is 11.8 Å². The number of carbonyl (C=O) groups excluding carboxylic acids is 2. The van der Waals surface area contributed by atoms with Crippen LogP contribution in [0.4, 0.5) is 5.69 Å². The summed E-state index contributed by atoms with van der Waals surface area (Å²) in [6.45, 7) is 0. The van der Waals surface area contributed by atoms with Gasteiger partial charge >= 0.3 is 0 Å². The van der Waals surface area contributed by atoms with Crippen molar-refractivity contribution in [1.29, 1.82) is 0 Å². The number of pyridine rings is 1. The number of aromatic nitrogens is 1. The first-order valence-corrected chi connectivity index (χ1v) is 7.70. The van der Waals surface area contributed by atoms with Gasteiger partial charge in [-0.3, -0.25) is 14.6 Å². The number of amides is 2. The Balaban J connectivity index is 1.67. The van der Waals surface area contributed by atoms with E-state index in [0.29, 0.717) is 23.2 Å². The second kappa shape index (κ2) is 5.74. The van der Waals surface area contributed by atoms with E-state index in [2.05, 4.69) is 4.98 Å². The zero-order valence-electron chi connectivity index (χ0n) is 12.8. The van der Waals surface area contributed by atoms with Crippen LogP contribution in [-0.4, -0.2) is 16.8 Å². The highest BCUT2D eigenvalue weighted by atomic mass is 16.2. The first-order valence-electron chi connectivity index (χ1n) is 7.70. The third kappa shape index (κ3) is 2.38. The van der Waals surface area contributed by atoms with E-state index >= 15 is 0 Å². The lowest BCUT2D eigenvalue weighted by Gasteiger charge is -2.14. The predicted octanol–water partition coefficient (Wildman–Crippen LogP) is 3.47. The molecule has 0 saturated carbocycles. The fourth-order valence-electron chi connectivity index (χ4n) is 2.95. The van der Waals surface area contributed by atoms with Crippen LogP contribution in [0, 0.1) is 0 Å². The molecule has 2 heterocycles. The molecule has 24 heavy (non-hydrogen) atoms. The summed E-state index contributed by atoms with van der Waals surface area (Å²) in [6.07, 6.45) is 4.01. The van der Waals surface area contributed by atoms with Crippen molar-refractivity contribution in [1.82, 2.24) is 4.98 Å². The normalized spacial score (nSPS) is 13.2. The van der Waals surface area contributed by atoms with Gasteiger partial charge in [0.05, 0.1) is 23.0 Å². The number of fused-ring (bicyclic) bond motifs is 1. The molecule has 2 amide bonds. The highest BCUT2D eigenvalue weighted by Gasteiger charge is 2.36. The van der Waals surface area contributed by atoms with Gasteiger partial charge in [-0.25, -0.2) is 4.90 Å². The van der Waals surface area contributed by atoms with Crippen molar-refractivity contribution in [3.63, 3.8) is 0 Å². The van der Waals surface area contributed by atoms with Gasteiger partial charge in [-0.05, 0) is 35.7 Å². The van der Waals surface area contributed by atoms with Crippen molar-refractivity contribution in [2.45, 2.75) is 6.42 Å². The second-order valence-electron chi connectivity index (χ2n) is 5.71. The average molecular weight is 314 g/mol. The van der Waals surface area contributed by atoms with E-state index in [1.807, 2.05) is 36.4 Å². The van der Waals surface area contributed by atoms with E-state index in [1.54, 1.807) is 36.7 Å². The molecule has 4 heteroatoms. The van der Waals surface area contributed by atoms with Gasteiger partial charge in [0, 0.05) is 6.20 Å². The molecule has 4 rings (SSSR count). The Labute approximate surface area is 139 Å². The Morgan fingerprint density at radius 1 is 0.750 bits per heavy atom.